The Hall–Kier alpha value is -2.53. The molecule has 0 aliphatic rings. The van der Waals surface area contributed by atoms with E-state index in [9.17, 15) is 9.90 Å². The summed E-state index contributed by atoms with van der Waals surface area (Å²) in [6, 6.07) is 12.7. The number of halogens is 1. The molecule has 0 bridgehead atoms. The number of aromatic nitrogens is 2. The lowest BCUT2D eigenvalue weighted by Gasteiger charge is -2.05. The molecule has 0 amide bonds. The van der Waals surface area contributed by atoms with Crippen molar-refractivity contribution < 1.29 is 9.90 Å². The quantitative estimate of drug-likeness (QED) is 0.776. The van der Waals surface area contributed by atoms with Gasteiger partial charge in [0.2, 0.25) is 0 Å². The van der Waals surface area contributed by atoms with Gasteiger partial charge in [-0.3, -0.25) is 4.40 Å². The minimum Gasteiger partial charge on any atom is -0.476 e. The highest BCUT2D eigenvalue weighted by Crippen LogP contribution is 2.19. The maximum Gasteiger partial charge on any atom is 0.356 e. The van der Waals surface area contributed by atoms with Crippen molar-refractivity contribution in [1.29, 1.82) is 0 Å². The molecule has 2 heterocycles. The van der Waals surface area contributed by atoms with E-state index in [0.29, 0.717) is 23.0 Å². The smallest absolute Gasteiger partial charge is 0.356 e. The van der Waals surface area contributed by atoms with E-state index in [-0.39, 0.29) is 5.69 Å². The Morgan fingerprint density at radius 1 is 1.24 bits per heavy atom. The van der Waals surface area contributed by atoms with Crippen molar-refractivity contribution in [3.8, 4) is 0 Å². The molecule has 6 heteroatoms. The average Bonchev–Trinajstić information content (AvgIpc) is 2.85. The number of fused-ring (bicyclic) bond motifs is 1. The van der Waals surface area contributed by atoms with E-state index >= 15 is 0 Å². The summed E-state index contributed by atoms with van der Waals surface area (Å²) in [6.07, 6.45) is 1.68. The van der Waals surface area contributed by atoms with Gasteiger partial charge in [-0.15, -0.1) is 0 Å². The van der Waals surface area contributed by atoms with E-state index in [4.69, 9.17) is 11.6 Å². The number of nitrogens with zero attached hydrogens (tertiary/aromatic N) is 2. The second-order valence-corrected chi connectivity index (χ2v) is 4.96. The number of imidazole rings is 1. The number of carboxylic acid groups (broad SMARTS) is 1. The van der Waals surface area contributed by atoms with Crippen LogP contribution in [0.1, 0.15) is 16.1 Å². The van der Waals surface area contributed by atoms with Crippen molar-refractivity contribution in [2.45, 2.75) is 6.54 Å². The van der Waals surface area contributed by atoms with Crippen molar-refractivity contribution in [3.63, 3.8) is 0 Å². The van der Waals surface area contributed by atoms with Gasteiger partial charge in [-0.1, -0.05) is 29.8 Å². The summed E-state index contributed by atoms with van der Waals surface area (Å²) in [6.45, 7) is 0.474. The molecule has 0 radical (unpaired) electrons. The molecule has 2 aromatic heterocycles. The summed E-state index contributed by atoms with van der Waals surface area (Å²) in [5, 5.41) is 13.1. The van der Waals surface area contributed by atoms with Gasteiger partial charge in [-0.2, -0.15) is 0 Å². The normalized spacial score (nSPS) is 10.7. The maximum absolute atomic E-state index is 11.4. The number of hydrogen-bond donors (Lipinski definition) is 2. The highest BCUT2D eigenvalue weighted by molar-refractivity contribution is 6.30. The Balaban J connectivity index is 1.91. The minimum absolute atomic E-state index is 0.125. The first-order chi connectivity index (χ1) is 10.1. The molecule has 2 N–H and O–H groups in total. The molecule has 0 spiro atoms. The van der Waals surface area contributed by atoms with Crippen LogP contribution in [0.3, 0.4) is 0 Å². The zero-order valence-corrected chi connectivity index (χ0v) is 11.7. The lowest BCUT2D eigenvalue weighted by atomic mass is 10.2. The fourth-order valence-corrected chi connectivity index (χ4v) is 2.24. The van der Waals surface area contributed by atoms with Crippen LogP contribution in [-0.2, 0) is 6.54 Å². The molecule has 3 aromatic rings. The number of aromatic carboxylic acids is 1. The molecule has 0 aliphatic heterocycles. The summed E-state index contributed by atoms with van der Waals surface area (Å²) in [7, 11) is 0. The summed E-state index contributed by atoms with van der Waals surface area (Å²) in [4.78, 5) is 15.7. The molecule has 0 saturated carbocycles. The topological polar surface area (TPSA) is 66.6 Å². The first kappa shape index (κ1) is 13.5. The molecule has 106 valence electrons. The zero-order chi connectivity index (χ0) is 14.8. The number of pyridine rings is 1. The van der Waals surface area contributed by atoms with Crippen LogP contribution in [0.5, 0.6) is 0 Å². The van der Waals surface area contributed by atoms with Crippen molar-refractivity contribution in [2.24, 2.45) is 0 Å². The predicted molar refractivity (Wildman–Crippen MR) is 80.9 cm³/mol. The molecule has 21 heavy (non-hydrogen) atoms. The van der Waals surface area contributed by atoms with E-state index in [2.05, 4.69) is 10.3 Å². The van der Waals surface area contributed by atoms with Crippen LogP contribution < -0.4 is 5.32 Å². The van der Waals surface area contributed by atoms with E-state index in [0.717, 1.165) is 5.56 Å². The number of carboxylic acids is 1. The highest BCUT2D eigenvalue weighted by atomic mass is 35.5. The van der Waals surface area contributed by atoms with E-state index < -0.39 is 5.97 Å². The molecule has 1 aromatic carbocycles. The lowest BCUT2D eigenvalue weighted by molar-refractivity contribution is 0.0690. The van der Waals surface area contributed by atoms with Crippen molar-refractivity contribution in [3.05, 3.63) is 64.9 Å². The third-order valence-corrected chi connectivity index (χ3v) is 3.36. The molecule has 0 fully saturated rings. The second kappa shape index (κ2) is 5.46. The fourth-order valence-electron chi connectivity index (χ4n) is 2.11. The number of carbonyl (C=O) groups is 1. The SMILES string of the molecule is O=C(O)c1c(NCc2ccc(Cl)cc2)nc2ccccn12. The van der Waals surface area contributed by atoms with Gasteiger partial charge in [0.1, 0.15) is 5.65 Å². The Morgan fingerprint density at radius 3 is 2.71 bits per heavy atom. The van der Waals surface area contributed by atoms with Gasteiger partial charge in [0.05, 0.1) is 0 Å². The fraction of sp³-hybridized carbons (Fsp3) is 0.0667. The van der Waals surface area contributed by atoms with Crippen molar-refractivity contribution >= 4 is 29.0 Å². The van der Waals surface area contributed by atoms with Crippen LogP contribution in [-0.4, -0.2) is 20.5 Å². The van der Waals surface area contributed by atoms with E-state index in [1.165, 1.54) is 0 Å². The van der Waals surface area contributed by atoms with Crippen LogP contribution in [0.2, 0.25) is 5.02 Å². The van der Waals surface area contributed by atoms with Crippen molar-refractivity contribution in [1.82, 2.24) is 9.38 Å². The van der Waals surface area contributed by atoms with Crippen LogP contribution in [0.25, 0.3) is 5.65 Å². The predicted octanol–water partition coefficient (Wildman–Crippen LogP) is 3.30. The second-order valence-electron chi connectivity index (χ2n) is 4.52. The Morgan fingerprint density at radius 2 is 2.00 bits per heavy atom. The van der Waals surface area contributed by atoms with E-state index in [1.54, 1.807) is 34.9 Å². The van der Waals surface area contributed by atoms with Gasteiger partial charge < -0.3 is 10.4 Å². The number of rotatable bonds is 4. The number of benzene rings is 1. The molecule has 3 rings (SSSR count). The number of hydrogen-bond acceptors (Lipinski definition) is 3. The van der Waals surface area contributed by atoms with Gasteiger partial charge in [0.25, 0.3) is 0 Å². The van der Waals surface area contributed by atoms with E-state index in [1.807, 2.05) is 18.2 Å². The molecule has 0 aliphatic carbocycles. The van der Waals surface area contributed by atoms with Gasteiger partial charge in [-0.25, -0.2) is 9.78 Å². The maximum atomic E-state index is 11.4. The minimum atomic E-state index is -1.02. The largest absolute Gasteiger partial charge is 0.476 e. The third-order valence-electron chi connectivity index (χ3n) is 3.11. The summed E-state index contributed by atoms with van der Waals surface area (Å²) in [5.41, 5.74) is 1.71. The van der Waals surface area contributed by atoms with Crippen LogP contribution in [0.4, 0.5) is 5.82 Å². The summed E-state index contributed by atoms with van der Waals surface area (Å²) < 4.78 is 1.55. The van der Waals surface area contributed by atoms with Crippen molar-refractivity contribution in [2.75, 3.05) is 5.32 Å². The number of nitrogens with one attached hydrogen (secondary N) is 1. The van der Waals surface area contributed by atoms with Crippen LogP contribution >= 0.6 is 11.6 Å². The lowest BCUT2D eigenvalue weighted by Crippen LogP contribution is -2.07. The Bertz CT molecular complexity index is 796. The van der Waals surface area contributed by atoms with Crippen LogP contribution in [0.15, 0.2) is 48.7 Å². The summed E-state index contributed by atoms with van der Waals surface area (Å²) in [5.74, 6) is -0.670. The molecular formula is C15H12ClN3O2. The van der Waals surface area contributed by atoms with Gasteiger partial charge in [-0.05, 0) is 29.8 Å². The first-order valence-electron chi connectivity index (χ1n) is 6.34. The first-order valence-corrected chi connectivity index (χ1v) is 6.71. The third kappa shape index (κ3) is 2.68. The summed E-state index contributed by atoms with van der Waals surface area (Å²) >= 11 is 5.84. The standard InChI is InChI=1S/C15H12ClN3O2/c16-11-6-4-10(5-7-11)9-17-14-13(15(20)21)19-8-2-1-3-12(19)18-14/h1-8,17H,9H2,(H,20,21). The molecule has 5 nitrogen and oxygen atoms in total. The highest BCUT2D eigenvalue weighted by Gasteiger charge is 2.17. The van der Waals surface area contributed by atoms with Gasteiger partial charge in [0.15, 0.2) is 11.5 Å². The molecule has 0 saturated heterocycles. The molecule has 0 atom stereocenters. The average molecular weight is 302 g/mol. The van der Waals surface area contributed by atoms with Crippen LogP contribution in [0, 0.1) is 0 Å². The Kier molecular flexibility index (Phi) is 3.50. The molecule has 0 unspecified atom stereocenters. The zero-order valence-electron chi connectivity index (χ0n) is 11.0. The molecular weight excluding hydrogens is 290 g/mol. The van der Waals surface area contributed by atoms with Gasteiger partial charge >= 0.3 is 5.97 Å². The monoisotopic (exact) mass is 301 g/mol. The Labute approximate surface area is 125 Å². The number of anilines is 1. The van der Waals surface area contributed by atoms with Gasteiger partial charge in [0, 0.05) is 17.8 Å².